The summed E-state index contributed by atoms with van der Waals surface area (Å²) in [5.74, 6) is 0.140. The molecule has 12 heteroatoms. The van der Waals surface area contributed by atoms with Gasteiger partial charge in [-0.1, -0.05) is 42.5 Å². The topological polar surface area (TPSA) is 139 Å². The van der Waals surface area contributed by atoms with E-state index in [1.165, 1.54) is 7.11 Å². The minimum Gasteiger partial charge on any atom is -0.453 e. The average molecular weight is 545 g/mol. The molecule has 3 atom stereocenters. The lowest BCUT2D eigenvalue weighted by molar-refractivity contribution is -0.123. The summed E-state index contributed by atoms with van der Waals surface area (Å²) in [6.45, 7) is 0. The molecule has 4 N–H and O–H groups in total. The van der Waals surface area contributed by atoms with Gasteiger partial charge in [-0.2, -0.15) is 4.21 Å². The minimum atomic E-state index is -2.44. The molecule has 1 unspecified atom stereocenters. The van der Waals surface area contributed by atoms with Crippen molar-refractivity contribution in [2.24, 2.45) is 0 Å². The zero-order chi connectivity index (χ0) is 26.2. The number of carbonyl (C=O) groups is 2. The fourth-order valence-electron chi connectivity index (χ4n) is 3.77. The van der Waals surface area contributed by atoms with Crippen molar-refractivity contribution < 1.29 is 27.4 Å². The van der Waals surface area contributed by atoms with E-state index in [0.29, 0.717) is 24.4 Å². The SMILES string of the molecule is COC(=O)N[C@@H](Cc1ccccc1)C(=O)N[C@@H](Cc1ccc(NOS(=O)O)cc1)c1csc(C2CC2)n1. The van der Waals surface area contributed by atoms with E-state index in [1.807, 2.05) is 47.8 Å². The number of hydrogen-bond acceptors (Lipinski definition) is 8. The van der Waals surface area contributed by atoms with E-state index in [1.54, 1.807) is 23.5 Å². The van der Waals surface area contributed by atoms with Crippen molar-refractivity contribution in [1.29, 1.82) is 0 Å². The number of methoxy groups -OCH3 is 1. The third kappa shape index (κ3) is 8.09. The summed E-state index contributed by atoms with van der Waals surface area (Å²) in [6, 6.07) is 15.2. The number of ether oxygens (including phenoxy) is 1. The summed E-state index contributed by atoms with van der Waals surface area (Å²) in [4.78, 5) is 30.3. The van der Waals surface area contributed by atoms with Crippen molar-refractivity contribution in [3.05, 3.63) is 81.8 Å². The van der Waals surface area contributed by atoms with E-state index in [4.69, 9.17) is 14.3 Å². The number of alkyl carbamates (subject to hydrolysis) is 1. The van der Waals surface area contributed by atoms with Gasteiger partial charge in [-0.05, 0) is 42.5 Å². The zero-order valence-corrected chi connectivity index (χ0v) is 21.7. The second-order valence-electron chi connectivity index (χ2n) is 8.63. The lowest BCUT2D eigenvalue weighted by atomic mass is 10.0. The third-order valence-electron chi connectivity index (χ3n) is 5.84. The Kier molecular flexibility index (Phi) is 9.23. The molecule has 37 heavy (non-hydrogen) atoms. The van der Waals surface area contributed by atoms with Crippen LogP contribution in [0.3, 0.4) is 0 Å². The molecule has 1 aliphatic rings. The van der Waals surface area contributed by atoms with Crippen LogP contribution in [-0.4, -0.2) is 38.9 Å². The Labute approximate surface area is 221 Å². The standard InChI is InChI=1S/C25H28N4O6S2/c1-34-25(31)28-21(14-16-5-3-2-4-6-16)23(30)26-20(22-15-36-24(27-22)18-9-10-18)13-17-7-11-19(12-8-17)29-35-37(32)33/h2-8,11-12,15,18,20-21,29H,9-10,13-14H2,1H3,(H,26,30)(H,28,31)(H,32,33)/t20-,21-/m0/s1. The van der Waals surface area contributed by atoms with Crippen LogP contribution in [0, 0.1) is 0 Å². The maximum absolute atomic E-state index is 13.4. The molecule has 2 amide bonds. The zero-order valence-electron chi connectivity index (χ0n) is 20.1. The predicted molar refractivity (Wildman–Crippen MR) is 140 cm³/mol. The van der Waals surface area contributed by atoms with Gasteiger partial charge in [0.05, 0.1) is 29.5 Å². The second kappa shape index (κ2) is 12.8. The Morgan fingerprint density at radius 1 is 1.08 bits per heavy atom. The maximum Gasteiger partial charge on any atom is 0.407 e. The molecule has 1 saturated carbocycles. The highest BCUT2D eigenvalue weighted by molar-refractivity contribution is 7.74. The van der Waals surface area contributed by atoms with Crippen LogP contribution in [0.1, 0.15) is 46.6 Å². The van der Waals surface area contributed by atoms with Crippen LogP contribution in [-0.2, 0) is 38.0 Å². The molecule has 0 aliphatic heterocycles. The summed E-state index contributed by atoms with van der Waals surface area (Å²) in [7, 11) is 1.26. The van der Waals surface area contributed by atoms with Crippen LogP contribution in [0.5, 0.6) is 0 Å². The van der Waals surface area contributed by atoms with E-state index >= 15 is 0 Å². The number of rotatable bonds is 12. The maximum atomic E-state index is 13.4. The summed E-state index contributed by atoms with van der Waals surface area (Å²) < 4.78 is 28.7. The number of amides is 2. The van der Waals surface area contributed by atoms with Gasteiger partial charge in [-0.15, -0.1) is 15.6 Å². The van der Waals surface area contributed by atoms with Gasteiger partial charge in [0.2, 0.25) is 5.91 Å². The van der Waals surface area contributed by atoms with Gasteiger partial charge in [0.15, 0.2) is 0 Å². The van der Waals surface area contributed by atoms with Crippen LogP contribution in [0.15, 0.2) is 60.0 Å². The molecule has 1 heterocycles. The molecule has 0 saturated heterocycles. The molecule has 0 bridgehead atoms. The fraction of sp³-hybridized carbons (Fsp3) is 0.320. The molecule has 1 fully saturated rings. The Morgan fingerprint density at radius 2 is 1.78 bits per heavy atom. The van der Waals surface area contributed by atoms with E-state index in [-0.39, 0.29) is 5.91 Å². The highest BCUT2D eigenvalue weighted by atomic mass is 32.2. The lowest BCUT2D eigenvalue weighted by Gasteiger charge is -2.23. The summed E-state index contributed by atoms with van der Waals surface area (Å²) >= 11 is -0.846. The largest absolute Gasteiger partial charge is 0.453 e. The Balaban J connectivity index is 1.52. The smallest absolute Gasteiger partial charge is 0.407 e. The van der Waals surface area contributed by atoms with E-state index in [2.05, 4.69) is 20.4 Å². The molecular weight excluding hydrogens is 516 g/mol. The van der Waals surface area contributed by atoms with Gasteiger partial charge in [-0.25, -0.2) is 15.3 Å². The van der Waals surface area contributed by atoms with Crippen LogP contribution >= 0.6 is 11.3 Å². The first-order valence-corrected chi connectivity index (χ1v) is 13.6. The molecule has 196 valence electrons. The van der Waals surface area contributed by atoms with Crippen LogP contribution < -0.4 is 16.1 Å². The Hall–Kier alpha value is -3.32. The number of thiazole rings is 1. The van der Waals surface area contributed by atoms with Crippen molar-refractivity contribution in [3.8, 4) is 0 Å². The average Bonchev–Trinajstić information content (AvgIpc) is 3.64. The Bertz CT molecular complexity index is 1220. The normalized spacial score (nSPS) is 15.3. The molecular formula is C25H28N4O6S2. The van der Waals surface area contributed by atoms with E-state index < -0.39 is 29.5 Å². The number of nitrogens with one attached hydrogen (secondary N) is 3. The number of anilines is 1. The number of hydrogen-bond donors (Lipinski definition) is 4. The van der Waals surface area contributed by atoms with Gasteiger partial charge < -0.3 is 15.4 Å². The summed E-state index contributed by atoms with van der Waals surface area (Å²) in [6.07, 6.45) is 2.31. The van der Waals surface area contributed by atoms with Gasteiger partial charge in [-0.3, -0.25) is 9.35 Å². The predicted octanol–water partition coefficient (Wildman–Crippen LogP) is 3.87. The first kappa shape index (κ1) is 26.7. The molecule has 0 radical (unpaired) electrons. The third-order valence-corrected chi connectivity index (χ3v) is 7.09. The quantitative estimate of drug-likeness (QED) is 0.199. The molecule has 3 aromatic rings. The Morgan fingerprint density at radius 3 is 2.43 bits per heavy atom. The van der Waals surface area contributed by atoms with Crippen molar-refractivity contribution >= 4 is 40.4 Å². The molecule has 1 aromatic heterocycles. The number of aromatic nitrogens is 1. The van der Waals surface area contributed by atoms with Gasteiger partial charge in [0.25, 0.3) is 0 Å². The van der Waals surface area contributed by atoms with Crippen LogP contribution in [0.25, 0.3) is 0 Å². The molecule has 1 aliphatic carbocycles. The van der Waals surface area contributed by atoms with E-state index in [9.17, 15) is 13.8 Å². The van der Waals surface area contributed by atoms with Crippen molar-refractivity contribution in [3.63, 3.8) is 0 Å². The van der Waals surface area contributed by atoms with Gasteiger partial charge in [0.1, 0.15) is 6.04 Å². The number of nitrogens with zero attached hydrogens (tertiary/aromatic N) is 1. The first-order chi connectivity index (χ1) is 17.9. The first-order valence-electron chi connectivity index (χ1n) is 11.7. The lowest BCUT2D eigenvalue weighted by Crippen LogP contribution is -2.49. The highest BCUT2D eigenvalue weighted by Crippen LogP contribution is 2.42. The van der Waals surface area contributed by atoms with Crippen LogP contribution in [0.4, 0.5) is 10.5 Å². The van der Waals surface area contributed by atoms with Crippen molar-refractivity contribution in [2.75, 3.05) is 12.6 Å². The number of carbonyl (C=O) groups excluding carboxylic acids is 2. The van der Waals surface area contributed by atoms with Gasteiger partial charge >= 0.3 is 17.5 Å². The van der Waals surface area contributed by atoms with Crippen molar-refractivity contribution in [1.82, 2.24) is 15.6 Å². The summed E-state index contributed by atoms with van der Waals surface area (Å²) in [5, 5.41) is 8.76. The van der Waals surface area contributed by atoms with Crippen molar-refractivity contribution in [2.45, 2.75) is 43.7 Å². The number of benzene rings is 2. The second-order valence-corrected chi connectivity index (χ2v) is 10.1. The highest BCUT2D eigenvalue weighted by Gasteiger charge is 2.30. The minimum absolute atomic E-state index is 0.297. The fourth-order valence-corrected chi connectivity index (χ4v) is 4.98. The van der Waals surface area contributed by atoms with Gasteiger partial charge in [0, 0.05) is 17.7 Å². The molecule has 4 rings (SSSR count). The van der Waals surface area contributed by atoms with Crippen LogP contribution in [0.2, 0.25) is 0 Å². The molecule has 2 aromatic carbocycles. The monoisotopic (exact) mass is 544 g/mol. The molecule has 0 spiro atoms. The summed E-state index contributed by atoms with van der Waals surface area (Å²) in [5.41, 5.74) is 5.46. The molecule has 10 nitrogen and oxygen atoms in total. The van der Waals surface area contributed by atoms with E-state index in [0.717, 1.165) is 34.7 Å².